The minimum absolute atomic E-state index is 0.349. The van der Waals surface area contributed by atoms with Gasteiger partial charge >= 0.3 is 5.97 Å². The summed E-state index contributed by atoms with van der Waals surface area (Å²) >= 11 is 6.32. The van der Waals surface area contributed by atoms with Crippen molar-refractivity contribution >= 4 is 47.4 Å². The summed E-state index contributed by atoms with van der Waals surface area (Å²) in [6.07, 6.45) is 1.69. The van der Waals surface area contributed by atoms with Crippen molar-refractivity contribution in [2.75, 3.05) is 13.7 Å². The van der Waals surface area contributed by atoms with Crippen molar-refractivity contribution in [1.82, 2.24) is 14.8 Å². The highest BCUT2D eigenvalue weighted by molar-refractivity contribution is 6.76. The molecule has 0 unspecified atom stereocenters. The van der Waals surface area contributed by atoms with Crippen LogP contribution in [0.4, 0.5) is 0 Å². The fourth-order valence-electron chi connectivity index (χ4n) is 2.68. The largest absolute Gasteiger partial charge is 0.465 e. The Morgan fingerprint density at radius 1 is 1.27 bits per heavy atom. The van der Waals surface area contributed by atoms with E-state index in [0.29, 0.717) is 29.6 Å². The van der Waals surface area contributed by atoms with Crippen LogP contribution < -0.4 is 0 Å². The van der Waals surface area contributed by atoms with Gasteiger partial charge in [0.25, 0.3) is 0 Å². The van der Waals surface area contributed by atoms with E-state index >= 15 is 0 Å². The minimum Gasteiger partial charge on any atom is -0.465 e. The molecule has 3 rings (SSSR count). The Labute approximate surface area is 158 Å². The maximum atomic E-state index is 11.8. The van der Waals surface area contributed by atoms with Crippen molar-refractivity contribution in [3.8, 4) is 0 Å². The van der Waals surface area contributed by atoms with Crippen LogP contribution in [0.2, 0.25) is 30.8 Å². The second kappa shape index (κ2) is 7.34. The summed E-state index contributed by atoms with van der Waals surface area (Å²) < 4.78 is 12.4. The van der Waals surface area contributed by atoms with Crippen LogP contribution in [0.1, 0.15) is 10.4 Å². The van der Waals surface area contributed by atoms with Crippen molar-refractivity contribution in [1.29, 1.82) is 0 Å². The zero-order valence-electron chi connectivity index (χ0n) is 15.4. The molecule has 0 radical (unpaired) electrons. The normalized spacial score (nSPS) is 12.0. The van der Waals surface area contributed by atoms with Crippen LogP contribution in [0.15, 0.2) is 24.4 Å². The topological polar surface area (TPSA) is 66.2 Å². The quantitative estimate of drug-likeness (QED) is 0.270. The van der Waals surface area contributed by atoms with Crippen LogP contribution in [-0.2, 0) is 16.2 Å². The molecule has 0 aliphatic carbocycles. The predicted molar refractivity (Wildman–Crippen MR) is 105 cm³/mol. The molecule has 2 heterocycles. The zero-order valence-corrected chi connectivity index (χ0v) is 17.1. The van der Waals surface area contributed by atoms with Gasteiger partial charge in [-0.1, -0.05) is 31.2 Å². The van der Waals surface area contributed by atoms with Gasteiger partial charge in [-0.2, -0.15) is 5.10 Å². The highest BCUT2D eigenvalue weighted by Crippen LogP contribution is 2.30. The first-order chi connectivity index (χ1) is 12.3. The average Bonchev–Trinajstić information content (AvgIpc) is 3.01. The number of carbonyl (C=O) groups is 1. The second-order valence-corrected chi connectivity index (χ2v) is 13.4. The number of methoxy groups -OCH3 is 1. The van der Waals surface area contributed by atoms with Crippen LogP contribution in [0.25, 0.3) is 21.8 Å². The number of halogens is 1. The lowest BCUT2D eigenvalue weighted by Crippen LogP contribution is -2.22. The average molecular weight is 392 g/mol. The van der Waals surface area contributed by atoms with E-state index in [1.165, 1.54) is 7.11 Å². The number of fused-ring (bicyclic) bond motifs is 3. The fourth-order valence-corrected chi connectivity index (χ4v) is 3.67. The molecule has 0 saturated carbocycles. The Morgan fingerprint density at radius 2 is 2.04 bits per heavy atom. The summed E-state index contributed by atoms with van der Waals surface area (Å²) in [6.45, 7) is 8.01. The zero-order chi connectivity index (χ0) is 18.9. The van der Waals surface area contributed by atoms with Crippen molar-refractivity contribution < 1.29 is 14.3 Å². The van der Waals surface area contributed by atoms with Gasteiger partial charge in [-0.05, 0) is 24.2 Å². The summed E-state index contributed by atoms with van der Waals surface area (Å²) in [5, 5.41) is 6.38. The number of hydrogen-bond donors (Lipinski definition) is 0. The van der Waals surface area contributed by atoms with Gasteiger partial charge in [0.2, 0.25) is 0 Å². The molecule has 3 aromatic rings. The molecule has 0 spiro atoms. The Balaban J connectivity index is 1.96. The van der Waals surface area contributed by atoms with E-state index in [4.69, 9.17) is 21.1 Å². The molecule has 0 aliphatic rings. The predicted octanol–water partition coefficient (Wildman–Crippen LogP) is 4.34. The van der Waals surface area contributed by atoms with E-state index < -0.39 is 14.0 Å². The molecule has 0 aliphatic heterocycles. The molecule has 8 heteroatoms. The standard InChI is InChI=1S/C18H22ClN3O3Si/c1-24-18(23)12-5-6-13-15(9-12)21-17(19)14-10-20-22(16(13)14)11-25-7-8-26(2,3)4/h5-6,9-10H,7-8,11H2,1-4H3. The molecule has 1 aromatic carbocycles. The van der Waals surface area contributed by atoms with Crippen LogP contribution in [-0.4, -0.2) is 42.5 Å². The Morgan fingerprint density at radius 3 is 2.73 bits per heavy atom. The molecule has 26 heavy (non-hydrogen) atoms. The number of esters is 1. The number of aromatic nitrogens is 3. The Bertz CT molecular complexity index is 966. The first-order valence-electron chi connectivity index (χ1n) is 8.41. The molecule has 2 aromatic heterocycles. The van der Waals surface area contributed by atoms with Crippen LogP contribution in [0.3, 0.4) is 0 Å². The third-order valence-corrected chi connectivity index (χ3v) is 6.16. The molecule has 0 atom stereocenters. The van der Waals surface area contributed by atoms with Gasteiger partial charge in [0.15, 0.2) is 0 Å². The molecule has 0 N–H and O–H groups in total. The summed E-state index contributed by atoms with van der Waals surface area (Å²) in [4.78, 5) is 16.2. The Hall–Kier alpha value is -1.96. The van der Waals surface area contributed by atoms with E-state index in [0.717, 1.165) is 22.3 Å². The van der Waals surface area contributed by atoms with E-state index in [9.17, 15) is 4.79 Å². The molecule has 0 fully saturated rings. The van der Waals surface area contributed by atoms with Crippen molar-refractivity contribution in [3.63, 3.8) is 0 Å². The summed E-state index contributed by atoms with van der Waals surface area (Å²) in [7, 11) is 0.214. The summed E-state index contributed by atoms with van der Waals surface area (Å²) in [6, 6.07) is 6.33. The van der Waals surface area contributed by atoms with E-state index in [1.807, 2.05) is 6.07 Å². The summed E-state index contributed by atoms with van der Waals surface area (Å²) in [5.74, 6) is -0.409. The van der Waals surface area contributed by atoms with Crippen LogP contribution in [0, 0.1) is 0 Å². The monoisotopic (exact) mass is 391 g/mol. The third kappa shape index (κ3) is 3.90. The number of pyridine rings is 1. The van der Waals surface area contributed by atoms with Crippen molar-refractivity contribution in [2.24, 2.45) is 0 Å². The van der Waals surface area contributed by atoms with Gasteiger partial charge in [-0.15, -0.1) is 0 Å². The van der Waals surface area contributed by atoms with Gasteiger partial charge in [-0.25, -0.2) is 14.5 Å². The van der Waals surface area contributed by atoms with Gasteiger partial charge in [0.1, 0.15) is 11.9 Å². The SMILES string of the molecule is COC(=O)c1ccc2c(c1)nc(Cl)c1cnn(COCC[Si](C)(C)C)c12. The molecule has 0 amide bonds. The molecule has 138 valence electrons. The first-order valence-corrected chi connectivity index (χ1v) is 12.5. The maximum absolute atomic E-state index is 11.8. The van der Waals surface area contributed by atoms with Crippen LogP contribution >= 0.6 is 11.6 Å². The Kier molecular flexibility index (Phi) is 5.31. The van der Waals surface area contributed by atoms with Gasteiger partial charge in [-0.3, -0.25) is 0 Å². The third-order valence-electron chi connectivity index (χ3n) is 4.16. The lowest BCUT2D eigenvalue weighted by Gasteiger charge is -2.15. The number of ether oxygens (including phenoxy) is 2. The minimum atomic E-state index is -1.14. The fraction of sp³-hybridized carbons (Fsp3) is 0.389. The van der Waals surface area contributed by atoms with Gasteiger partial charge < -0.3 is 9.47 Å². The molecule has 0 bridgehead atoms. The van der Waals surface area contributed by atoms with Crippen molar-refractivity contribution in [3.05, 3.63) is 35.1 Å². The number of rotatable bonds is 6. The van der Waals surface area contributed by atoms with E-state index in [1.54, 1.807) is 23.0 Å². The first kappa shape index (κ1) is 18.8. The molecular weight excluding hydrogens is 370 g/mol. The lowest BCUT2D eigenvalue weighted by atomic mass is 10.1. The second-order valence-electron chi connectivity index (χ2n) is 7.38. The van der Waals surface area contributed by atoms with Gasteiger partial charge in [0, 0.05) is 20.1 Å². The number of hydrogen-bond acceptors (Lipinski definition) is 5. The van der Waals surface area contributed by atoms with E-state index in [2.05, 4.69) is 29.7 Å². The maximum Gasteiger partial charge on any atom is 0.337 e. The summed E-state index contributed by atoms with van der Waals surface area (Å²) in [5.41, 5.74) is 1.90. The lowest BCUT2D eigenvalue weighted by molar-refractivity contribution is 0.0601. The molecular formula is C18H22ClN3O3Si. The van der Waals surface area contributed by atoms with Crippen LogP contribution in [0.5, 0.6) is 0 Å². The van der Waals surface area contributed by atoms with E-state index in [-0.39, 0.29) is 0 Å². The van der Waals surface area contributed by atoms with Crippen molar-refractivity contribution in [2.45, 2.75) is 32.4 Å². The number of nitrogens with zero attached hydrogens (tertiary/aromatic N) is 3. The molecule has 0 saturated heterocycles. The number of carbonyl (C=O) groups excluding carboxylic acids is 1. The highest BCUT2D eigenvalue weighted by Gasteiger charge is 2.16. The highest BCUT2D eigenvalue weighted by atomic mass is 35.5. The smallest absolute Gasteiger partial charge is 0.337 e. The molecule has 6 nitrogen and oxygen atoms in total. The van der Waals surface area contributed by atoms with Gasteiger partial charge in [0.05, 0.1) is 35.3 Å². The number of benzene rings is 1.